The van der Waals surface area contributed by atoms with E-state index in [-0.39, 0.29) is 11.6 Å². The molecule has 2 aromatic carbocycles. The number of carbonyl (C=O) groups excluding carboxylic acids is 1. The third-order valence-corrected chi connectivity index (χ3v) is 4.11. The number of hydrogen-bond donors (Lipinski definition) is 0. The zero-order chi connectivity index (χ0) is 18.6. The van der Waals surface area contributed by atoms with Crippen LogP contribution < -0.4 is 4.90 Å². The lowest BCUT2D eigenvalue weighted by Crippen LogP contribution is -2.24. The molecule has 0 atom stereocenters. The van der Waals surface area contributed by atoms with Gasteiger partial charge in [0.05, 0.1) is 28.4 Å². The second-order valence-corrected chi connectivity index (χ2v) is 6.12. The monoisotopic (exact) mass is 361 g/mol. The van der Waals surface area contributed by atoms with Gasteiger partial charge in [-0.15, -0.1) is 0 Å². The summed E-state index contributed by atoms with van der Waals surface area (Å²) in [4.78, 5) is 19.8. The third kappa shape index (κ3) is 4.37. The van der Waals surface area contributed by atoms with Crippen molar-refractivity contribution in [3.8, 4) is 0 Å². The van der Waals surface area contributed by atoms with Gasteiger partial charge in [-0.1, -0.05) is 23.7 Å². The summed E-state index contributed by atoms with van der Waals surface area (Å²) in [7, 11) is 1.91. The van der Waals surface area contributed by atoms with Crippen LogP contribution in [0.15, 0.2) is 41.4 Å². The van der Waals surface area contributed by atoms with Crippen molar-refractivity contribution in [2.75, 3.05) is 18.5 Å². The highest BCUT2D eigenvalue weighted by atomic mass is 35.5. The summed E-state index contributed by atoms with van der Waals surface area (Å²) < 4.78 is 14.2. The summed E-state index contributed by atoms with van der Waals surface area (Å²) in [5.74, 6) is -0.772. The molecule has 0 saturated carbocycles. The molecule has 0 aliphatic heterocycles. The van der Waals surface area contributed by atoms with Crippen LogP contribution in [-0.4, -0.2) is 30.7 Å². The van der Waals surface area contributed by atoms with Crippen LogP contribution in [0.3, 0.4) is 0 Å². The van der Waals surface area contributed by atoms with Crippen LogP contribution in [0.2, 0.25) is 5.02 Å². The molecule has 2 rings (SSSR count). The number of anilines is 2. The van der Waals surface area contributed by atoms with Gasteiger partial charge in [-0.3, -0.25) is 9.69 Å². The minimum atomic E-state index is -0.472. The molecule has 0 aliphatic rings. The molecule has 2 aromatic rings. The lowest BCUT2D eigenvalue weighted by molar-refractivity contribution is -0.115. The van der Waals surface area contributed by atoms with Crippen molar-refractivity contribution in [2.24, 2.45) is 4.99 Å². The Morgan fingerprint density at radius 2 is 1.96 bits per heavy atom. The Morgan fingerprint density at radius 1 is 1.28 bits per heavy atom. The Hall–Kier alpha value is -2.40. The Kier molecular flexibility index (Phi) is 6.15. The molecule has 6 heteroatoms. The molecule has 0 bridgehead atoms. The highest BCUT2D eigenvalue weighted by Crippen LogP contribution is 2.37. The number of aliphatic imine (C=N–C) groups is 1. The fourth-order valence-corrected chi connectivity index (χ4v) is 2.55. The van der Waals surface area contributed by atoms with E-state index in [4.69, 9.17) is 11.6 Å². The molecule has 0 saturated heterocycles. The third-order valence-electron chi connectivity index (χ3n) is 3.81. The molecule has 0 spiro atoms. The fourth-order valence-electron chi connectivity index (χ4n) is 2.34. The molecule has 0 aromatic heterocycles. The Balaban J connectivity index is 2.50. The molecule has 0 unspecified atom stereocenters. The lowest BCUT2D eigenvalue weighted by atomic mass is 10.1. The SMILES string of the molecule is CCN(C)C=Nc1cc(C)c(N(C(C)=O)c2ccccc2F)cc1Cl. The van der Waals surface area contributed by atoms with E-state index in [0.717, 1.165) is 12.1 Å². The quantitative estimate of drug-likeness (QED) is 0.549. The van der Waals surface area contributed by atoms with E-state index in [1.807, 2.05) is 25.8 Å². The smallest absolute Gasteiger partial charge is 0.228 e. The maximum Gasteiger partial charge on any atom is 0.228 e. The van der Waals surface area contributed by atoms with Crippen molar-refractivity contribution in [2.45, 2.75) is 20.8 Å². The van der Waals surface area contributed by atoms with Crippen molar-refractivity contribution in [3.05, 3.63) is 52.8 Å². The molecule has 0 heterocycles. The molecule has 1 amide bonds. The molecule has 0 aliphatic carbocycles. The second-order valence-electron chi connectivity index (χ2n) is 5.71. The summed E-state index contributed by atoms with van der Waals surface area (Å²) in [6.07, 6.45) is 1.69. The van der Waals surface area contributed by atoms with Crippen molar-refractivity contribution in [1.82, 2.24) is 4.90 Å². The number of aryl methyl sites for hydroxylation is 1. The largest absolute Gasteiger partial charge is 0.366 e. The second kappa shape index (κ2) is 8.12. The number of hydrogen-bond acceptors (Lipinski definition) is 2. The first-order chi connectivity index (χ1) is 11.8. The predicted octanol–water partition coefficient (Wildman–Crippen LogP) is 5.08. The average molecular weight is 362 g/mol. The maximum atomic E-state index is 14.2. The van der Waals surface area contributed by atoms with Crippen LogP contribution >= 0.6 is 11.6 Å². The number of benzene rings is 2. The van der Waals surface area contributed by atoms with Gasteiger partial charge in [0.1, 0.15) is 5.82 Å². The van der Waals surface area contributed by atoms with Crippen molar-refractivity contribution >= 4 is 40.9 Å². The van der Waals surface area contributed by atoms with E-state index >= 15 is 0 Å². The lowest BCUT2D eigenvalue weighted by Gasteiger charge is -2.24. The van der Waals surface area contributed by atoms with E-state index in [9.17, 15) is 9.18 Å². The van der Waals surface area contributed by atoms with Gasteiger partial charge in [-0.2, -0.15) is 0 Å². The first kappa shape index (κ1) is 18.9. The zero-order valence-corrected chi connectivity index (χ0v) is 15.5. The highest BCUT2D eigenvalue weighted by Gasteiger charge is 2.20. The van der Waals surface area contributed by atoms with E-state index in [0.29, 0.717) is 16.4 Å². The Labute approximate surface area is 152 Å². The number of nitrogens with zero attached hydrogens (tertiary/aromatic N) is 3. The van der Waals surface area contributed by atoms with Crippen LogP contribution in [0.25, 0.3) is 0 Å². The normalized spacial score (nSPS) is 11.0. The van der Waals surface area contributed by atoms with E-state index in [1.165, 1.54) is 17.9 Å². The Bertz CT molecular complexity index is 807. The van der Waals surface area contributed by atoms with Gasteiger partial charge in [0.25, 0.3) is 0 Å². The first-order valence-electron chi connectivity index (χ1n) is 7.95. The molecular weight excluding hydrogens is 341 g/mol. The van der Waals surface area contributed by atoms with E-state index in [2.05, 4.69) is 4.99 Å². The van der Waals surface area contributed by atoms with Crippen LogP contribution in [-0.2, 0) is 4.79 Å². The standard InChI is InChI=1S/C19H21ClFN3O/c1-5-23(4)12-22-17-10-13(2)19(11-15(17)20)24(14(3)25)18-9-7-6-8-16(18)21/h6-12H,5H2,1-4H3. The van der Waals surface area contributed by atoms with Gasteiger partial charge in [0, 0.05) is 20.5 Å². The number of rotatable bonds is 5. The summed E-state index contributed by atoms with van der Waals surface area (Å²) in [6.45, 7) is 6.07. The predicted molar refractivity (Wildman–Crippen MR) is 102 cm³/mol. The first-order valence-corrected chi connectivity index (χ1v) is 8.32. The van der Waals surface area contributed by atoms with Gasteiger partial charge in [0.15, 0.2) is 0 Å². The Morgan fingerprint density at radius 3 is 2.56 bits per heavy atom. The fraction of sp³-hybridized carbons (Fsp3) is 0.263. The van der Waals surface area contributed by atoms with Gasteiger partial charge < -0.3 is 4.90 Å². The summed E-state index contributed by atoms with van der Waals surface area (Å²) in [5.41, 5.74) is 2.09. The maximum absolute atomic E-state index is 14.2. The van der Waals surface area contributed by atoms with Crippen LogP contribution in [0.4, 0.5) is 21.5 Å². The number of para-hydroxylation sites is 1. The van der Waals surface area contributed by atoms with E-state index in [1.54, 1.807) is 36.7 Å². The molecule has 4 nitrogen and oxygen atoms in total. The minimum Gasteiger partial charge on any atom is -0.366 e. The van der Waals surface area contributed by atoms with Gasteiger partial charge in [0.2, 0.25) is 5.91 Å². The van der Waals surface area contributed by atoms with Gasteiger partial charge >= 0.3 is 0 Å². The van der Waals surface area contributed by atoms with Crippen molar-refractivity contribution in [1.29, 1.82) is 0 Å². The van der Waals surface area contributed by atoms with E-state index < -0.39 is 5.82 Å². The summed E-state index contributed by atoms with van der Waals surface area (Å²) >= 11 is 6.34. The molecular formula is C19H21ClFN3O. The van der Waals surface area contributed by atoms with Crippen LogP contribution in [0, 0.1) is 12.7 Å². The van der Waals surface area contributed by atoms with Gasteiger partial charge in [-0.25, -0.2) is 9.38 Å². The molecule has 0 fully saturated rings. The minimum absolute atomic E-state index is 0.191. The molecule has 25 heavy (non-hydrogen) atoms. The summed E-state index contributed by atoms with van der Waals surface area (Å²) in [5, 5.41) is 0.393. The van der Waals surface area contributed by atoms with Crippen LogP contribution in [0.5, 0.6) is 0 Å². The molecule has 0 N–H and O–H groups in total. The summed E-state index contributed by atoms with van der Waals surface area (Å²) in [6, 6.07) is 9.58. The highest BCUT2D eigenvalue weighted by molar-refractivity contribution is 6.33. The number of halogens is 2. The van der Waals surface area contributed by atoms with Crippen molar-refractivity contribution in [3.63, 3.8) is 0 Å². The number of amides is 1. The molecule has 132 valence electrons. The van der Waals surface area contributed by atoms with Crippen LogP contribution in [0.1, 0.15) is 19.4 Å². The molecule has 0 radical (unpaired) electrons. The topological polar surface area (TPSA) is 35.9 Å². The zero-order valence-electron chi connectivity index (χ0n) is 14.8. The average Bonchev–Trinajstić information content (AvgIpc) is 2.57. The van der Waals surface area contributed by atoms with Gasteiger partial charge in [-0.05, 0) is 43.7 Å². The number of carbonyl (C=O) groups is 1. The van der Waals surface area contributed by atoms with Crippen molar-refractivity contribution < 1.29 is 9.18 Å².